The number of nitrogens with one attached hydrogen (secondary N) is 4. The number of guanidine groups is 1. The molecule has 1 aromatic heterocycles. The van der Waals surface area contributed by atoms with Gasteiger partial charge in [0.2, 0.25) is 11.8 Å². The zero-order chi connectivity index (χ0) is 26.5. The fourth-order valence-corrected chi connectivity index (χ4v) is 3.82. The van der Waals surface area contributed by atoms with Gasteiger partial charge in [0.1, 0.15) is 11.1 Å². The summed E-state index contributed by atoms with van der Waals surface area (Å²) in [5, 5.41) is 20.9. The minimum absolute atomic E-state index is 0.234. The number of carbonyl (C=O) groups is 2. The third-order valence-electron chi connectivity index (χ3n) is 5.57. The Labute approximate surface area is 213 Å². The van der Waals surface area contributed by atoms with Crippen molar-refractivity contribution in [1.29, 1.82) is 0 Å². The standard InChI is InChI=1S/C25H30N8O4/c26-25(32-33(36)37)29-14-7-12-21(23(34)28-15-13-20-16-27-17-30-20)31-24(35)22(18-8-3-1-4-9-18)19-10-5-2-6-11-19/h1-6,8-11,16-17,21-22H,7,12-15H2,(H,27,30)(H,28,34)(H,31,35)(H3,26,29,32)/t21-/m0/s1. The Balaban J connectivity index is 1.70. The molecule has 0 bridgehead atoms. The fraction of sp³-hybridized carbons (Fsp3) is 0.280. The first kappa shape index (κ1) is 26.9. The van der Waals surface area contributed by atoms with Crippen molar-refractivity contribution in [2.75, 3.05) is 13.1 Å². The minimum atomic E-state index is -0.897. The molecule has 0 aliphatic carbocycles. The first-order valence-corrected chi connectivity index (χ1v) is 11.8. The van der Waals surface area contributed by atoms with Gasteiger partial charge >= 0.3 is 0 Å². The Morgan fingerprint density at radius 3 is 2.22 bits per heavy atom. The van der Waals surface area contributed by atoms with Crippen molar-refractivity contribution in [1.82, 2.24) is 25.9 Å². The summed E-state index contributed by atoms with van der Waals surface area (Å²) in [6.07, 6.45) is 4.47. The Hall–Kier alpha value is -4.74. The average molecular weight is 507 g/mol. The van der Waals surface area contributed by atoms with Gasteiger partial charge in [0.25, 0.3) is 5.96 Å². The molecule has 12 nitrogen and oxygen atoms in total. The number of carbonyl (C=O) groups excluding carboxylic acids is 2. The van der Waals surface area contributed by atoms with Crippen molar-refractivity contribution in [3.05, 3.63) is 100 Å². The van der Waals surface area contributed by atoms with Crippen LogP contribution < -0.4 is 21.7 Å². The summed E-state index contributed by atoms with van der Waals surface area (Å²) in [4.78, 5) is 44.0. The van der Waals surface area contributed by atoms with Gasteiger partial charge < -0.3 is 26.7 Å². The lowest BCUT2D eigenvalue weighted by Crippen LogP contribution is -2.49. The molecule has 3 rings (SSSR count). The number of aromatic nitrogens is 2. The van der Waals surface area contributed by atoms with Gasteiger partial charge in [0.05, 0.1) is 12.2 Å². The molecule has 0 saturated heterocycles. The highest BCUT2D eigenvalue weighted by atomic mass is 16.7. The molecule has 12 heteroatoms. The lowest BCUT2D eigenvalue weighted by molar-refractivity contribution is -0.485. The Morgan fingerprint density at radius 1 is 1.00 bits per heavy atom. The number of imidazole rings is 1. The molecular weight excluding hydrogens is 476 g/mol. The molecule has 0 aliphatic heterocycles. The summed E-state index contributed by atoms with van der Waals surface area (Å²) >= 11 is 0. The Kier molecular flexibility index (Phi) is 10.1. The smallest absolute Gasteiger partial charge is 0.266 e. The monoisotopic (exact) mass is 506 g/mol. The van der Waals surface area contributed by atoms with Gasteiger partial charge in [-0.25, -0.2) is 15.1 Å². The molecule has 194 valence electrons. The second-order valence-electron chi connectivity index (χ2n) is 8.23. The van der Waals surface area contributed by atoms with Crippen molar-refractivity contribution >= 4 is 17.8 Å². The van der Waals surface area contributed by atoms with Crippen LogP contribution in [0.25, 0.3) is 0 Å². The lowest BCUT2D eigenvalue weighted by Gasteiger charge is -2.23. The summed E-state index contributed by atoms with van der Waals surface area (Å²) in [5.74, 6) is -1.58. The second kappa shape index (κ2) is 14.0. The van der Waals surface area contributed by atoms with Crippen LogP contribution >= 0.6 is 0 Å². The number of rotatable bonds is 13. The second-order valence-corrected chi connectivity index (χ2v) is 8.23. The van der Waals surface area contributed by atoms with Crippen molar-refractivity contribution in [2.24, 2.45) is 10.8 Å². The van der Waals surface area contributed by atoms with Gasteiger partial charge in [0, 0.05) is 31.4 Å². The van der Waals surface area contributed by atoms with E-state index in [-0.39, 0.29) is 30.7 Å². The molecule has 1 atom stereocenters. The van der Waals surface area contributed by atoms with Crippen LogP contribution in [0.2, 0.25) is 0 Å². The minimum Gasteiger partial charge on any atom is -0.365 e. The van der Waals surface area contributed by atoms with Gasteiger partial charge in [-0.05, 0) is 24.0 Å². The van der Waals surface area contributed by atoms with Gasteiger partial charge in [0.15, 0.2) is 5.03 Å². The van der Waals surface area contributed by atoms with E-state index in [9.17, 15) is 19.7 Å². The lowest BCUT2D eigenvalue weighted by atomic mass is 9.90. The van der Waals surface area contributed by atoms with Crippen molar-refractivity contribution in [3.63, 3.8) is 0 Å². The van der Waals surface area contributed by atoms with Crippen molar-refractivity contribution in [2.45, 2.75) is 31.2 Å². The SMILES string of the molecule is NC(=N[N+](=O)[O-])NCCC[C@H](NC(=O)C(c1ccccc1)c1ccccc1)C(=O)NCCc1cnc[nH]1. The van der Waals surface area contributed by atoms with E-state index in [2.05, 4.69) is 31.0 Å². The fourth-order valence-electron chi connectivity index (χ4n) is 3.82. The number of amides is 2. The van der Waals surface area contributed by atoms with Crippen LogP contribution in [0.5, 0.6) is 0 Å². The molecule has 37 heavy (non-hydrogen) atoms. The quantitative estimate of drug-likeness (QED) is 0.0760. The molecule has 0 saturated carbocycles. The summed E-state index contributed by atoms with van der Waals surface area (Å²) in [7, 11) is 0. The normalized spacial score (nSPS) is 12.1. The molecule has 0 aliphatic rings. The maximum Gasteiger partial charge on any atom is 0.266 e. The molecule has 0 unspecified atom stereocenters. The molecule has 0 fully saturated rings. The third-order valence-corrected chi connectivity index (χ3v) is 5.57. The van der Waals surface area contributed by atoms with Crippen LogP contribution in [0.1, 0.15) is 35.6 Å². The number of nitro groups is 1. The number of benzene rings is 2. The van der Waals surface area contributed by atoms with E-state index in [1.807, 2.05) is 60.7 Å². The Morgan fingerprint density at radius 2 is 1.65 bits per heavy atom. The predicted octanol–water partition coefficient (Wildman–Crippen LogP) is 1.26. The molecule has 3 aromatic rings. The van der Waals surface area contributed by atoms with E-state index in [4.69, 9.17) is 5.73 Å². The number of nitrogens with zero attached hydrogens (tertiary/aromatic N) is 3. The maximum atomic E-state index is 13.5. The molecule has 0 radical (unpaired) electrons. The van der Waals surface area contributed by atoms with Crippen molar-refractivity contribution in [3.8, 4) is 0 Å². The van der Waals surface area contributed by atoms with E-state index in [1.165, 1.54) is 0 Å². The predicted molar refractivity (Wildman–Crippen MR) is 138 cm³/mol. The van der Waals surface area contributed by atoms with E-state index in [1.54, 1.807) is 12.5 Å². The summed E-state index contributed by atoms with van der Waals surface area (Å²) in [6, 6.07) is 17.9. The van der Waals surface area contributed by atoms with Crippen molar-refractivity contribution < 1.29 is 14.6 Å². The number of H-pyrrole nitrogens is 1. The highest BCUT2D eigenvalue weighted by molar-refractivity contribution is 5.92. The average Bonchev–Trinajstić information content (AvgIpc) is 3.40. The van der Waals surface area contributed by atoms with E-state index in [0.29, 0.717) is 19.4 Å². The van der Waals surface area contributed by atoms with Crippen LogP contribution in [-0.2, 0) is 16.0 Å². The number of nitrogens with two attached hydrogens (primary N) is 1. The largest absolute Gasteiger partial charge is 0.365 e. The van der Waals surface area contributed by atoms with E-state index < -0.39 is 17.0 Å². The third kappa shape index (κ3) is 8.76. The van der Waals surface area contributed by atoms with Crippen LogP contribution in [-0.4, -0.2) is 51.9 Å². The number of hydrazone groups is 1. The molecular formula is C25H30N8O4. The van der Waals surface area contributed by atoms with Gasteiger partial charge in [-0.3, -0.25) is 9.59 Å². The number of hydrogen-bond donors (Lipinski definition) is 5. The zero-order valence-corrected chi connectivity index (χ0v) is 20.2. The van der Waals surface area contributed by atoms with Crippen LogP contribution in [0.3, 0.4) is 0 Å². The van der Waals surface area contributed by atoms with Gasteiger partial charge in [-0.15, -0.1) is 0 Å². The highest BCUT2D eigenvalue weighted by Gasteiger charge is 2.27. The first-order valence-electron chi connectivity index (χ1n) is 11.8. The van der Waals surface area contributed by atoms with E-state index in [0.717, 1.165) is 16.8 Å². The van der Waals surface area contributed by atoms with Crippen LogP contribution in [0.15, 0.2) is 78.3 Å². The maximum absolute atomic E-state index is 13.5. The summed E-state index contributed by atoms with van der Waals surface area (Å²) < 4.78 is 0. The highest BCUT2D eigenvalue weighted by Crippen LogP contribution is 2.25. The zero-order valence-electron chi connectivity index (χ0n) is 20.2. The summed E-state index contributed by atoms with van der Waals surface area (Å²) in [6.45, 7) is 0.590. The first-order chi connectivity index (χ1) is 17.9. The van der Waals surface area contributed by atoms with Crippen LogP contribution in [0, 0.1) is 10.1 Å². The molecule has 6 N–H and O–H groups in total. The van der Waals surface area contributed by atoms with Gasteiger partial charge in [-0.2, -0.15) is 0 Å². The summed E-state index contributed by atoms with van der Waals surface area (Å²) in [5.41, 5.74) is 7.93. The van der Waals surface area contributed by atoms with Crippen LogP contribution in [0.4, 0.5) is 0 Å². The Bertz CT molecular complexity index is 1130. The number of aromatic amines is 1. The van der Waals surface area contributed by atoms with E-state index >= 15 is 0 Å². The molecule has 2 amide bonds. The molecule has 1 heterocycles. The molecule has 2 aromatic carbocycles. The van der Waals surface area contributed by atoms with Gasteiger partial charge in [-0.1, -0.05) is 60.7 Å². The molecule has 0 spiro atoms. The number of hydrogen-bond acceptors (Lipinski definition) is 5. The topological polar surface area (TPSA) is 180 Å².